The minimum atomic E-state index is -1.06. The van der Waals surface area contributed by atoms with Crippen molar-refractivity contribution in [1.29, 1.82) is 0 Å². The van der Waals surface area contributed by atoms with Crippen LogP contribution in [0.15, 0.2) is 126 Å². The summed E-state index contributed by atoms with van der Waals surface area (Å²) in [5, 5.41) is 19.4. The van der Waals surface area contributed by atoms with Crippen LogP contribution in [0.25, 0.3) is 38.0 Å². The summed E-state index contributed by atoms with van der Waals surface area (Å²) >= 11 is 6.43. The normalized spacial score (nSPS) is 13.6. The van der Waals surface area contributed by atoms with E-state index in [1.165, 1.54) is 39.6 Å². The van der Waals surface area contributed by atoms with E-state index in [0.717, 1.165) is 11.1 Å². The first kappa shape index (κ1) is 33.1. The van der Waals surface area contributed by atoms with E-state index < -0.39 is 12.0 Å². The molecule has 0 aromatic heterocycles. The fourth-order valence-electron chi connectivity index (χ4n) is 6.44. The second kappa shape index (κ2) is 14.1. The summed E-state index contributed by atoms with van der Waals surface area (Å²) in [6.07, 6.45) is 0. The second-order valence-corrected chi connectivity index (χ2v) is 12.2. The zero-order valence-electron chi connectivity index (χ0n) is 26.0. The van der Waals surface area contributed by atoms with Gasteiger partial charge < -0.3 is 15.2 Å². The maximum absolute atomic E-state index is 13.8. The van der Waals surface area contributed by atoms with Gasteiger partial charge in [-0.15, -0.1) is 5.69 Å². The molecule has 0 radical (unpaired) electrons. The maximum Gasteiger partial charge on any atom is 2.00 e. The standard InChI is InChI=1S/C40H32ClN3O3.Ni/c1-25(40(46)47)42-39(28-11-3-2-4-12-28)34-21-31(41)19-20-35(34)43-36(45)24-44-22-29-17-15-26-9-5-7-13-32(26)37(29)38-30(23-44)18-16-27-10-6-8-14-33(27)38;/h2-21,25H,22-24H2,1H3,(H2,42,43,45,46,47);/q;+2/p-1/t25-;/m1./s1. The summed E-state index contributed by atoms with van der Waals surface area (Å²) in [4.78, 5) is 32.2. The predicted octanol–water partition coefficient (Wildman–Crippen LogP) is 9.17. The molecular formula is C40H31ClN3NiO3+. The number of aliphatic imine (C=N–C) groups is 1. The van der Waals surface area contributed by atoms with Crippen LogP contribution in [-0.2, 0) is 39.2 Å². The Kier molecular flexibility index (Phi) is 9.74. The number of carboxylic acid groups (broad SMARTS) is 1. The minimum Gasteiger partial charge on any atom is -0.625 e. The van der Waals surface area contributed by atoms with Gasteiger partial charge in [0.25, 0.3) is 0 Å². The van der Waals surface area contributed by atoms with Crippen LogP contribution in [0.1, 0.15) is 29.2 Å². The van der Waals surface area contributed by atoms with Gasteiger partial charge in [-0.05, 0) is 68.4 Å². The topological polar surface area (TPSA) is 84.1 Å². The molecule has 48 heavy (non-hydrogen) atoms. The van der Waals surface area contributed by atoms with Crippen molar-refractivity contribution in [2.75, 3.05) is 6.54 Å². The summed E-state index contributed by atoms with van der Waals surface area (Å²) in [6, 6.07) is 38.8. The van der Waals surface area contributed by atoms with Crippen molar-refractivity contribution in [2.45, 2.75) is 26.1 Å². The van der Waals surface area contributed by atoms with E-state index in [0.29, 0.717) is 40.6 Å². The fourth-order valence-corrected chi connectivity index (χ4v) is 6.61. The van der Waals surface area contributed by atoms with Gasteiger partial charge in [0.2, 0.25) is 0 Å². The van der Waals surface area contributed by atoms with Crippen molar-refractivity contribution in [1.82, 2.24) is 4.90 Å². The average molecular weight is 696 g/mol. The van der Waals surface area contributed by atoms with E-state index in [2.05, 4.69) is 88.0 Å². The van der Waals surface area contributed by atoms with Crippen LogP contribution in [-0.4, -0.2) is 40.2 Å². The quantitative estimate of drug-likeness (QED) is 0.133. The van der Waals surface area contributed by atoms with E-state index in [-0.39, 0.29) is 28.9 Å². The molecule has 7 rings (SSSR count). The zero-order valence-corrected chi connectivity index (χ0v) is 27.8. The van der Waals surface area contributed by atoms with E-state index in [1.54, 1.807) is 18.2 Å². The molecule has 0 bridgehead atoms. The Morgan fingerprint density at radius 2 is 1.35 bits per heavy atom. The number of halogens is 1. The van der Waals surface area contributed by atoms with Gasteiger partial charge in [-0.2, -0.15) is 0 Å². The summed E-state index contributed by atoms with van der Waals surface area (Å²) < 4.78 is 0. The Labute approximate surface area is 294 Å². The summed E-state index contributed by atoms with van der Waals surface area (Å²) in [7, 11) is 0. The van der Waals surface area contributed by atoms with Crippen LogP contribution < -0.4 is 0 Å². The summed E-state index contributed by atoms with van der Waals surface area (Å²) in [5.41, 5.74) is 6.70. The molecule has 0 spiro atoms. The number of fused-ring (bicyclic) bond motifs is 7. The fraction of sp³-hybridized carbons (Fsp3) is 0.125. The number of aliphatic carboxylic acids is 1. The van der Waals surface area contributed by atoms with Gasteiger partial charge >= 0.3 is 22.5 Å². The monoisotopic (exact) mass is 694 g/mol. The largest absolute Gasteiger partial charge is 2.00 e. The van der Waals surface area contributed by atoms with Gasteiger partial charge in [0, 0.05) is 30.2 Å². The number of carbonyl (C=O) groups excluding carboxylic acids is 1. The van der Waals surface area contributed by atoms with E-state index >= 15 is 0 Å². The Bertz CT molecular complexity index is 2120. The van der Waals surface area contributed by atoms with Gasteiger partial charge in [-0.1, -0.05) is 121 Å². The number of carboxylic acids is 1. The molecule has 6 aromatic rings. The molecule has 1 amide bonds. The van der Waals surface area contributed by atoms with Gasteiger partial charge in [0.1, 0.15) is 6.04 Å². The molecule has 1 N–H and O–H groups in total. The van der Waals surface area contributed by atoms with Crippen molar-refractivity contribution in [3.05, 3.63) is 154 Å². The number of hydrogen-bond donors (Lipinski definition) is 1. The van der Waals surface area contributed by atoms with Crippen LogP contribution >= 0.6 is 11.6 Å². The molecule has 6 nitrogen and oxygen atoms in total. The molecular weight excluding hydrogens is 665 g/mol. The third-order valence-corrected chi connectivity index (χ3v) is 8.85. The maximum atomic E-state index is 13.8. The van der Waals surface area contributed by atoms with E-state index in [9.17, 15) is 14.7 Å². The number of amides is 1. The Morgan fingerprint density at radius 1 is 0.792 bits per heavy atom. The van der Waals surface area contributed by atoms with Crippen LogP contribution in [0.2, 0.25) is 5.02 Å². The molecule has 0 unspecified atom stereocenters. The minimum absolute atomic E-state index is 0. The molecule has 0 aliphatic carbocycles. The van der Waals surface area contributed by atoms with Crippen molar-refractivity contribution < 1.29 is 31.2 Å². The summed E-state index contributed by atoms with van der Waals surface area (Å²) in [6.45, 7) is 2.75. The van der Waals surface area contributed by atoms with Crippen LogP contribution in [0, 0.1) is 0 Å². The molecule has 0 saturated carbocycles. The molecule has 8 heteroatoms. The van der Waals surface area contributed by atoms with E-state index in [4.69, 9.17) is 11.6 Å². The summed E-state index contributed by atoms with van der Waals surface area (Å²) in [5.74, 6) is -1.38. The molecule has 0 saturated heterocycles. The van der Waals surface area contributed by atoms with Gasteiger partial charge in [0.15, 0.2) is 0 Å². The first-order valence-corrected chi connectivity index (χ1v) is 15.9. The predicted molar refractivity (Wildman–Crippen MR) is 190 cm³/mol. The molecule has 240 valence electrons. The zero-order chi connectivity index (χ0) is 32.5. The number of benzene rings is 6. The second-order valence-electron chi connectivity index (χ2n) is 11.8. The SMILES string of the molecule is C[C@@H](N=C(c1ccccc1)c1cc(Cl)ccc1[N-]C(=O)CN1Cc2ccc3ccccc3c2-c2c(ccc3ccccc23)C1)C(=O)O.[Ni+2]. The molecule has 0 fully saturated rings. The molecule has 1 aliphatic rings. The van der Waals surface area contributed by atoms with Crippen LogP contribution in [0.5, 0.6) is 0 Å². The molecule has 1 heterocycles. The third-order valence-electron chi connectivity index (χ3n) is 8.61. The number of hydrogen-bond acceptors (Lipinski definition) is 4. The third kappa shape index (κ3) is 6.63. The smallest absolute Gasteiger partial charge is 0.625 e. The number of carbonyl (C=O) groups is 2. The van der Waals surface area contributed by atoms with Gasteiger partial charge in [-0.3, -0.25) is 9.89 Å². The number of rotatable bonds is 7. The first-order chi connectivity index (χ1) is 22.9. The molecule has 1 aliphatic heterocycles. The van der Waals surface area contributed by atoms with Gasteiger partial charge in [0.05, 0.1) is 11.6 Å². The Hall–Kier alpha value is -4.81. The van der Waals surface area contributed by atoms with Crippen molar-refractivity contribution in [3.8, 4) is 11.1 Å². The first-order valence-electron chi connectivity index (χ1n) is 15.5. The van der Waals surface area contributed by atoms with Gasteiger partial charge in [-0.25, -0.2) is 4.79 Å². The van der Waals surface area contributed by atoms with Crippen molar-refractivity contribution >= 4 is 56.4 Å². The van der Waals surface area contributed by atoms with Crippen molar-refractivity contribution in [3.63, 3.8) is 0 Å². The van der Waals surface area contributed by atoms with Crippen LogP contribution in [0.3, 0.4) is 0 Å². The number of nitrogens with zero attached hydrogens (tertiary/aromatic N) is 3. The molecule has 6 aromatic carbocycles. The average Bonchev–Trinajstić information content (AvgIpc) is 3.24. The van der Waals surface area contributed by atoms with E-state index in [1.807, 2.05) is 30.3 Å². The molecule has 1 atom stereocenters. The Morgan fingerprint density at radius 3 is 1.94 bits per heavy atom. The van der Waals surface area contributed by atoms with Crippen molar-refractivity contribution in [2.24, 2.45) is 4.99 Å². The Balaban J connectivity index is 0.00000401. The van der Waals surface area contributed by atoms with Crippen LogP contribution in [0.4, 0.5) is 5.69 Å².